The Morgan fingerprint density at radius 2 is 2.17 bits per heavy atom. The van der Waals surface area contributed by atoms with Crippen molar-refractivity contribution in [2.24, 2.45) is 0 Å². The molecule has 3 rings (SSSR count). The number of benzene rings is 1. The Bertz CT molecular complexity index is 570. The van der Waals surface area contributed by atoms with Crippen LogP contribution in [0.25, 0.3) is 10.9 Å². The highest BCUT2D eigenvalue weighted by atomic mass is 16.3. The predicted octanol–water partition coefficient (Wildman–Crippen LogP) is 1.50. The van der Waals surface area contributed by atoms with E-state index in [0.717, 1.165) is 48.5 Å². The van der Waals surface area contributed by atoms with Gasteiger partial charge >= 0.3 is 0 Å². The lowest BCUT2D eigenvalue weighted by atomic mass is 10.2. The average Bonchev–Trinajstić information content (AvgIpc) is 2.75. The summed E-state index contributed by atoms with van der Waals surface area (Å²) in [6.45, 7) is 4.40. The summed E-state index contributed by atoms with van der Waals surface area (Å²) in [5.74, 6) is 0.848. The molecule has 0 amide bonds. The molecule has 2 aromatic rings. The van der Waals surface area contributed by atoms with E-state index in [9.17, 15) is 5.11 Å². The van der Waals surface area contributed by atoms with E-state index in [2.05, 4.69) is 14.9 Å². The van der Waals surface area contributed by atoms with Gasteiger partial charge in [-0.3, -0.25) is 4.90 Å². The molecule has 4 nitrogen and oxygen atoms in total. The zero-order chi connectivity index (χ0) is 12.5. The molecule has 1 aromatic heterocycles. The third-order valence-electron chi connectivity index (χ3n) is 3.45. The number of aromatic nitrogens is 2. The maximum absolute atomic E-state index is 9.52. The summed E-state index contributed by atoms with van der Waals surface area (Å²) in [6, 6.07) is 8.08. The first-order chi connectivity index (χ1) is 8.72. The van der Waals surface area contributed by atoms with Crippen LogP contribution in [-0.4, -0.2) is 39.2 Å². The van der Waals surface area contributed by atoms with Crippen LogP contribution in [0.5, 0.6) is 0 Å². The molecule has 0 unspecified atom stereocenters. The molecule has 1 aliphatic rings. The lowest BCUT2D eigenvalue weighted by Crippen LogP contribution is -2.22. The van der Waals surface area contributed by atoms with Crippen molar-refractivity contribution in [2.75, 3.05) is 13.1 Å². The third-order valence-corrected chi connectivity index (χ3v) is 3.45. The topological polar surface area (TPSA) is 49.2 Å². The molecule has 0 radical (unpaired) electrons. The number of β-amino-alcohol motifs (C(OH)–C–C–N with tert-alkyl or cyclic N) is 1. The summed E-state index contributed by atoms with van der Waals surface area (Å²) in [6.07, 6.45) is 0.665. The Balaban J connectivity index is 1.88. The summed E-state index contributed by atoms with van der Waals surface area (Å²) in [5.41, 5.74) is 2.02. The summed E-state index contributed by atoms with van der Waals surface area (Å²) in [5, 5.41) is 10.6. The van der Waals surface area contributed by atoms with E-state index in [1.165, 1.54) is 0 Å². The number of rotatable bonds is 2. The molecule has 0 saturated carbocycles. The average molecular weight is 243 g/mol. The first-order valence-corrected chi connectivity index (χ1v) is 6.35. The highest BCUT2D eigenvalue weighted by Crippen LogP contribution is 2.17. The van der Waals surface area contributed by atoms with Gasteiger partial charge in [0.25, 0.3) is 0 Å². The van der Waals surface area contributed by atoms with Gasteiger partial charge in [0.05, 0.1) is 18.2 Å². The zero-order valence-corrected chi connectivity index (χ0v) is 10.5. The van der Waals surface area contributed by atoms with Crippen LogP contribution in [0.15, 0.2) is 24.3 Å². The molecule has 1 atom stereocenters. The van der Waals surface area contributed by atoms with Crippen molar-refractivity contribution in [2.45, 2.75) is 26.0 Å². The van der Waals surface area contributed by atoms with Crippen LogP contribution in [0.4, 0.5) is 0 Å². The van der Waals surface area contributed by atoms with Gasteiger partial charge in [-0.25, -0.2) is 9.97 Å². The van der Waals surface area contributed by atoms with E-state index in [0.29, 0.717) is 0 Å². The van der Waals surface area contributed by atoms with E-state index in [1.807, 2.05) is 31.2 Å². The Hall–Kier alpha value is -1.52. The van der Waals surface area contributed by atoms with E-state index in [1.54, 1.807) is 0 Å². The van der Waals surface area contributed by atoms with Crippen LogP contribution >= 0.6 is 0 Å². The van der Waals surface area contributed by atoms with Crippen molar-refractivity contribution in [3.63, 3.8) is 0 Å². The standard InChI is InChI=1S/C14H17N3O/c1-10-12-4-2-3-5-13(12)16-14(15-10)9-17-7-6-11(18)8-17/h2-5,11,18H,6-9H2,1H3/t11-/m0/s1. The lowest BCUT2D eigenvalue weighted by Gasteiger charge is -2.14. The van der Waals surface area contributed by atoms with Crippen LogP contribution in [0, 0.1) is 6.92 Å². The van der Waals surface area contributed by atoms with Crippen LogP contribution in [0.3, 0.4) is 0 Å². The Labute approximate surface area is 106 Å². The van der Waals surface area contributed by atoms with Crippen molar-refractivity contribution in [1.29, 1.82) is 0 Å². The first kappa shape index (κ1) is 11.6. The molecule has 1 aliphatic heterocycles. The molecule has 0 spiro atoms. The quantitative estimate of drug-likeness (QED) is 0.868. The van der Waals surface area contributed by atoms with Crippen molar-refractivity contribution in [3.05, 3.63) is 35.8 Å². The van der Waals surface area contributed by atoms with Crippen molar-refractivity contribution >= 4 is 10.9 Å². The minimum absolute atomic E-state index is 0.188. The second-order valence-corrected chi connectivity index (χ2v) is 4.92. The maximum atomic E-state index is 9.52. The number of fused-ring (bicyclic) bond motifs is 1. The summed E-state index contributed by atoms with van der Waals surface area (Å²) < 4.78 is 0. The molecule has 0 aliphatic carbocycles. The number of nitrogens with zero attached hydrogens (tertiary/aromatic N) is 3. The molecule has 18 heavy (non-hydrogen) atoms. The van der Waals surface area contributed by atoms with E-state index >= 15 is 0 Å². The smallest absolute Gasteiger partial charge is 0.143 e. The fraction of sp³-hybridized carbons (Fsp3) is 0.429. The third kappa shape index (κ3) is 2.21. The molecule has 1 N–H and O–H groups in total. The predicted molar refractivity (Wildman–Crippen MR) is 70.2 cm³/mol. The molecule has 4 heteroatoms. The highest BCUT2D eigenvalue weighted by Gasteiger charge is 2.21. The van der Waals surface area contributed by atoms with E-state index < -0.39 is 0 Å². The van der Waals surface area contributed by atoms with Crippen molar-refractivity contribution < 1.29 is 5.11 Å². The molecule has 0 bridgehead atoms. The Morgan fingerprint density at radius 3 is 2.94 bits per heavy atom. The van der Waals surface area contributed by atoms with Gasteiger partial charge in [0.15, 0.2) is 0 Å². The number of hydrogen-bond donors (Lipinski definition) is 1. The summed E-state index contributed by atoms with van der Waals surface area (Å²) in [4.78, 5) is 11.3. The molecule has 1 fully saturated rings. The van der Waals surface area contributed by atoms with Gasteiger partial charge in [-0.2, -0.15) is 0 Å². The molecule has 94 valence electrons. The fourth-order valence-corrected chi connectivity index (χ4v) is 2.52. The number of aliphatic hydroxyl groups is 1. The van der Waals surface area contributed by atoms with Gasteiger partial charge in [0.2, 0.25) is 0 Å². The number of hydrogen-bond acceptors (Lipinski definition) is 4. The van der Waals surface area contributed by atoms with E-state index in [-0.39, 0.29) is 6.10 Å². The van der Waals surface area contributed by atoms with Crippen LogP contribution in [0.1, 0.15) is 17.9 Å². The van der Waals surface area contributed by atoms with Crippen molar-refractivity contribution in [1.82, 2.24) is 14.9 Å². The second-order valence-electron chi connectivity index (χ2n) is 4.92. The maximum Gasteiger partial charge on any atom is 0.143 e. The zero-order valence-electron chi connectivity index (χ0n) is 10.5. The minimum Gasteiger partial charge on any atom is -0.392 e. The van der Waals surface area contributed by atoms with Gasteiger partial charge in [-0.1, -0.05) is 18.2 Å². The monoisotopic (exact) mass is 243 g/mol. The molecule has 1 aromatic carbocycles. The Morgan fingerprint density at radius 1 is 1.33 bits per heavy atom. The van der Waals surface area contributed by atoms with Gasteiger partial charge in [0, 0.05) is 24.2 Å². The SMILES string of the molecule is Cc1nc(CN2CC[C@H](O)C2)nc2ccccc12. The van der Waals surface area contributed by atoms with E-state index in [4.69, 9.17) is 0 Å². The van der Waals surface area contributed by atoms with Gasteiger partial charge in [-0.05, 0) is 19.4 Å². The van der Waals surface area contributed by atoms with Crippen LogP contribution in [0.2, 0.25) is 0 Å². The molecular formula is C14H17N3O. The molecular weight excluding hydrogens is 226 g/mol. The fourth-order valence-electron chi connectivity index (χ4n) is 2.52. The Kier molecular flexibility index (Phi) is 2.97. The largest absolute Gasteiger partial charge is 0.392 e. The summed E-state index contributed by atoms with van der Waals surface area (Å²) in [7, 11) is 0. The van der Waals surface area contributed by atoms with Gasteiger partial charge in [-0.15, -0.1) is 0 Å². The second kappa shape index (κ2) is 4.63. The number of aryl methyl sites for hydroxylation is 1. The normalized spacial score (nSPS) is 20.7. The van der Waals surface area contributed by atoms with Crippen LogP contribution < -0.4 is 0 Å². The number of likely N-dealkylation sites (tertiary alicyclic amines) is 1. The van der Waals surface area contributed by atoms with Gasteiger partial charge in [0.1, 0.15) is 5.82 Å². The van der Waals surface area contributed by atoms with Gasteiger partial charge < -0.3 is 5.11 Å². The van der Waals surface area contributed by atoms with Crippen LogP contribution in [-0.2, 0) is 6.54 Å². The van der Waals surface area contributed by atoms with Crippen molar-refractivity contribution in [3.8, 4) is 0 Å². The number of para-hydroxylation sites is 1. The first-order valence-electron chi connectivity index (χ1n) is 6.35. The number of aliphatic hydroxyl groups excluding tert-OH is 1. The molecule has 1 saturated heterocycles. The highest BCUT2D eigenvalue weighted by molar-refractivity contribution is 5.80. The molecule has 2 heterocycles. The minimum atomic E-state index is -0.188. The summed E-state index contributed by atoms with van der Waals surface area (Å²) >= 11 is 0. The lowest BCUT2D eigenvalue weighted by molar-refractivity contribution is 0.174.